The van der Waals surface area contributed by atoms with Crippen LogP contribution in [0.4, 0.5) is 0 Å². The van der Waals surface area contributed by atoms with Crippen molar-refractivity contribution in [3.8, 4) is 0 Å². The van der Waals surface area contributed by atoms with Gasteiger partial charge < -0.3 is 14.2 Å². The van der Waals surface area contributed by atoms with Gasteiger partial charge in [-0.2, -0.15) is 0 Å². The standard InChI is InChI=1S/C8H12O5S/c1-5(9)11-3-8-13-7(4-14-8)12-6(2)10/h7-8H,3-4H2,1-2H3/t7-,8+/m0/s1. The van der Waals surface area contributed by atoms with Gasteiger partial charge in [-0.05, 0) is 0 Å². The zero-order chi connectivity index (χ0) is 10.6. The fraction of sp³-hybridized carbons (Fsp3) is 0.750. The van der Waals surface area contributed by atoms with Gasteiger partial charge in [0.1, 0.15) is 12.0 Å². The summed E-state index contributed by atoms with van der Waals surface area (Å²) in [5.74, 6) is -0.139. The first-order valence-electron chi connectivity index (χ1n) is 4.15. The average molecular weight is 220 g/mol. The summed E-state index contributed by atoms with van der Waals surface area (Å²) >= 11 is 1.46. The number of rotatable bonds is 3. The molecule has 0 bridgehead atoms. The Morgan fingerprint density at radius 2 is 2.14 bits per heavy atom. The number of hydrogen-bond acceptors (Lipinski definition) is 6. The van der Waals surface area contributed by atoms with E-state index in [0.717, 1.165) is 0 Å². The van der Waals surface area contributed by atoms with E-state index in [0.29, 0.717) is 5.75 Å². The van der Waals surface area contributed by atoms with Crippen LogP contribution in [-0.2, 0) is 23.8 Å². The molecule has 14 heavy (non-hydrogen) atoms. The molecule has 5 nitrogen and oxygen atoms in total. The van der Waals surface area contributed by atoms with E-state index in [4.69, 9.17) is 14.2 Å². The minimum atomic E-state index is -0.516. The van der Waals surface area contributed by atoms with Crippen LogP contribution in [0.25, 0.3) is 0 Å². The summed E-state index contributed by atoms with van der Waals surface area (Å²) < 4.78 is 14.8. The number of esters is 2. The fourth-order valence-electron chi connectivity index (χ4n) is 0.953. The molecule has 1 heterocycles. The second-order valence-corrected chi connectivity index (χ2v) is 3.93. The first-order chi connectivity index (χ1) is 6.58. The minimum absolute atomic E-state index is 0.192. The quantitative estimate of drug-likeness (QED) is 0.646. The van der Waals surface area contributed by atoms with Gasteiger partial charge >= 0.3 is 11.9 Å². The Bertz CT molecular complexity index is 230. The smallest absolute Gasteiger partial charge is 0.304 e. The predicted molar refractivity (Wildman–Crippen MR) is 49.5 cm³/mol. The molecule has 1 fully saturated rings. The lowest BCUT2D eigenvalue weighted by Gasteiger charge is -2.11. The van der Waals surface area contributed by atoms with Crippen LogP contribution >= 0.6 is 11.8 Å². The topological polar surface area (TPSA) is 61.8 Å². The van der Waals surface area contributed by atoms with E-state index in [1.54, 1.807) is 0 Å². The highest BCUT2D eigenvalue weighted by atomic mass is 32.2. The third-order valence-electron chi connectivity index (χ3n) is 1.44. The van der Waals surface area contributed by atoms with Crippen molar-refractivity contribution in [1.82, 2.24) is 0 Å². The second kappa shape index (κ2) is 5.21. The SMILES string of the molecule is CC(=O)OC[C@@H]1O[C@H](OC(C)=O)CS1. The Morgan fingerprint density at radius 1 is 1.43 bits per heavy atom. The van der Waals surface area contributed by atoms with Crippen LogP contribution in [0.15, 0.2) is 0 Å². The van der Waals surface area contributed by atoms with Gasteiger partial charge in [0, 0.05) is 13.8 Å². The summed E-state index contributed by atoms with van der Waals surface area (Å²) in [7, 11) is 0. The molecule has 0 unspecified atom stereocenters. The highest BCUT2D eigenvalue weighted by Gasteiger charge is 2.28. The van der Waals surface area contributed by atoms with Crippen molar-refractivity contribution >= 4 is 23.7 Å². The van der Waals surface area contributed by atoms with Gasteiger partial charge in [0.2, 0.25) is 6.29 Å². The molecule has 0 aliphatic carbocycles. The summed E-state index contributed by atoms with van der Waals surface area (Å²) in [6, 6.07) is 0. The van der Waals surface area contributed by atoms with E-state index in [9.17, 15) is 9.59 Å². The predicted octanol–water partition coefficient (Wildman–Crippen LogP) is 0.528. The van der Waals surface area contributed by atoms with Gasteiger partial charge in [-0.25, -0.2) is 0 Å². The molecule has 1 aliphatic rings. The van der Waals surface area contributed by atoms with Gasteiger partial charge in [-0.3, -0.25) is 9.59 Å². The van der Waals surface area contributed by atoms with Gasteiger partial charge in [0.25, 0.3) is 0 Å². The molecule has 0 aromatic carbocycles. The third kappa shape index (κ3) is 3.97. The van der Waals surface area contributed by atoms with Crippen LogP contribution in [0.1, 0.15) is 13.8 Å². The Morgan fingerprint density at radius 3 is 2.71 bits per heavy atom. The number of carbonyl (C=O) groups is 2. The molecule has 0 aromatic heterocycles. The molecule has 0 spiro atoms. The van der Waals surface area contributed by atoms with Crippen molar-refractivity contribution in [3.63, 3.8) is 0 Å². The molecule has 1 saturated heterocycles. The van der Waals surface area contributed by atoms with Crippen LogP contribution in [0, 0.1) is 0 Å². The normalized spacial score (nSPS) is 25.9. The molecule has 1 rings (SSSR count). The van der Waals surface area contributed by atoms with Crippen molar-refractivity contribution in [2.45, 2.75) is 25.6 Å². The minimum Gasteiger partial charge on any atom is -0.462 e. The lowest BCUT2D eigenvalue weighted by Crippen LogP contribution is -2.21. The molecule has 80 valence electrons. The summed E-state index contributed by atoms with van der Waals surface area (Å²) in [5, 5.41) is 0. The summed E-state index contributed by atoms with van der Waals surface area (Å²) in [4.78, 5) is 21.1. The summed E-state index contributed by atoms with van der Waals surface area (Å²) in [6.07, 6.45) is -0.516. The number of hydrogen-bond donors (Lipinski definition) is 0. The number of thioether (sulfide) groups is 1. The highest BCUT2D eigenvalue weighted by Crippen LogP contribution is 2.25. The lowest BCUT2D eigenvalue weighted by atomic mass is 10.7. The van der Waals surface area contributed by atoms with Crippen LogP contribution in [-0.4, -0.2) is 36.0 Å². The van der Waals surface area contributed by atoms with Crippen LogP contribution in [0.3, 0.4) is 0 Å². The van der Waals surface area contributed by atoms with Crippen LogP contribution < -0.4 is 0 Å². The van der Waals surface area contributed by atoms with Gasteiger partial charge in [0.05, 0.1) is 5.75 Å². The van der Waals surface area contributed by atoms with E-state index in [1.807, 2.05) is 0 Å². The molecule has 0 saturated carbocycles. The van der Waals surface area contributed by atoms with E-state index in [2.05, 4.69) is 0 Å². The Hall–Kier alpha value is -0.750. The molecular formula is C8H12O5S. The van der Waals surface area contributed by atoms with Crippen molar-refractivity contribution in [2.24, 2.45) is 0 Å². The van der Waals surface area contributed by atoms with E-state index in [-0.39, 0.29) is 24.0 Å². The van der Waals surface area contributed by atoms with Crippen molar-refractivity contribution < 1.29 is 23.8 Å². The number of ether oxygens (including phenoxy) is 3. The van der Waals surface area contributed by atoms with Crippen molar-refractivity contribution in [3.05, 3.63) is 0 Å². The van der Waals surface area contributed by atoms with E-state index >= 15 is 0 Å². The van der Waals surface area contributed by atoms with E-state index in [1.165, 1.54) is 25.6 Å². The second-order valence-electron chi connectivity index (χ2n) is 2.74. The van der Waals surface area contributed by atoms with Crippen LogP contribution in [0.5, 0.6) is 0 Å². The van der Waals surface area contributed by atoms with Gasteiger partial charge in [-0.15, -0.1) is 11.8 Å². The zero-order valence-corrected chi connectivity index (χ0v) is 8.83. The van der Waals surface area contributed by atoms with Gasteiger partial charge in [0.15, 0.2) is 0 Å². The molecular weight excluding hydrogens is 208 g/mol. The Labute approximate surface area is 86.1 Å². The first-order valence-corrected chi connectivity index (χ1v) is 5.20. The molecule has 2 atom stereocenters. The summed E-state index contributed by atoms with van der Waals surface area (Å²) in [5.41, 5.74) is -0.233. The van der Waals surface area contributed by atoms with Gasteiger partial charge in [-0.1, -0.05) is 0 Å². The Balaban J connectivity index is 2.20. The fourth-order valence-corrected chi connectivity index (χ4v) is 1.84. The molecule has 6 heteroatoms. The lowest BCUT2D eigenvalue weighted by molar-refractivity contribution is -0.174. The number of carbonyl (C=O) groups excluding carboxylic acids is 2. The Kier molecular flexibility index (Phi) is 4.21. The molecule has 0 radical (unpaired) electrons. The average Bonchev–Trinajstić information content (AvgIpc) is 2.47. The maximum absolute atomic E-state index is 10.6. The zero-order valence-electron chi connectivity index (χ0n) is 8.02. The van der Waals surface area contributed by atoms with E-state index < -0.39 is 6.29 Å². The largest absolute Gasteiger partial charge is 0.462 e. The molecule has 0 aromatic rings. The molecule has 0 N–H and O–H groups in total. The van der Waals surface area contributed by atoms with Crippen molar-refractivity contribution in [2.75, 3.05) is 12.4 Å². The molecule has 1 aliphatic heterocycles. The maximum Gasteiger partial charge on any atom is 0.304 e. The monoisotopic (exact) mass is 220 g/mol. The molecule has 0 amide bonds. The third-order valence-corrected chi connectivity index (χ3v) is 2.53. The van der Waals surface area contributed by atoms with Crippen LogP contribution in [0.2, 0.25) is 0 Å². The maximum atomic E-state index is 10.6. The first kappa shape index (κ1) is 11.3. The highest BCUT2D eigenvalue weighted by molar-refractivity contribution is 8.00. The van der Waals surface area contributed by atoms with Crippen molar-refractivity contribution in [1.29, 1.82) is 0 Å². The summed E-state index contributed by atoms with van der Waals surface area (Å²) in [6.45, 7) is 2.86.